The van der Waals surface area contributed by atoms with E-state index in [4.69, 9.17) is 16.3 Å². The van der Waals surface area contributed by atoms with Crippen molar-refractivity contribution in [3.8, 4) is 17.0 Å². The number of hydrogen-bond donors (Lipinski definition) is 1. The summed E-state index contributed by atoms with van der Waals surface area (Å²) < 4.78 is 5.36. The molecule has 0 bridgehead atoms. The van der Waals surface area contributed by atoms with Gasteiger partial charge in [0.15, 0.2) is 0 Å². The van der Waals surface area contributed by atoms with E-state index in [1.165, 1.54) is 0 Å². The molecule has 4 heteroatoms. The van der Waals surface area contributed by atoms with E-state index in [0.29, 0.717) is 6.04 Å². The molecule has 0 atom stereocenters. The van der Waals surface area contributed by atoms with Crippen LogP contribution in [-0.2, 0) is 6.54 Å². The molecule has 0 saturated carbocycles. The van der Waals surface area contributed by atoms with Crippen LogP contribution in [0.25, 0.3) is 11.3 Å². The van der Waals surface area contributed by atoms with Crippen molar-refractivity contribution >= 4 is 11.6 Å². The number of aromatic nitrogens is 1. The van der Waals surface area contributed by atoms with Crippen LogP contribution >= 0.6 is 11.6 Å². The van der Waals surface area contributed by atoms with Crippen LogP contribution in [0.2, 0.25) is 5.02 Å². The van der Waals surface area contributed by atoms with Gasteiger partial charge < -0.3 is 10.1 Å². The molecule has 20 heavy (non-hydrogen) atoms. The fourth-order valence-corrected chi connectivity index (χ4v) is 2.13. The average Bonchev–Trinajstić information content (AvgIpc) is 2.46. The van der Waals surface area contributed by atoms with Gasteiger partial charge in [0.25, 0.3) is 0 Å². The number of rotatable bonds is 5. The molecule has 2 aromatic rings. The fourth-order valence-electron chi connectivity index (χ4n) is 1.94. The number of nitrogens with one attached hydrogen (secondary N) is 1. The third-order valence-corrected chi connectivity index (χ3v) is 3.38. The largest absolute Gasteiger partial charge is 0.494 e. The van der Waals surface area contributed by atoms with Crippen LogP contribution in [0.15, 0.2) is 36.5 Å². The predicted molar refractivity (Wildman–Crippen MR) is 83.2 cm³/mol. The summed E-state index contributed by atoms with van der Waals surface area (Å²) in [5.74, 6) is 0.762. The van der Waals surface area contributed by atoms with E-state index < -0.39 is 0 Å². The zero-order valence-electron chi connectivity index (χ0n) is 12.0. The summed E-state index contributed by atoms with van der Waals surface area (Å²) in [5.41, 5.74) is 2.90. The monoisotopic (exact) mass is 290 g/mol. The van der Waals surface area contributed by atoms with Crippen molar-refractivity contribution < 1.29 is 4.74 Å². The zero-order chi connectivity index (χ0) is 14.5. The van der Waals surface area contributed by atoms with Gasteiger partial charge in [-0.2, -0.15) is 0 Å². The minimum atomic E-state index is 0.416. The highest BCUT2D eigenvalue weighted by Gasteiger charge is 2.09. The molecule has 0 aliphatic rings. The Morgan fingerprint density at radius 2 is 2.10 bits per heavy atom. The van der Waals surface area contributed by atoms with Crippen LogP contribution in [0.3, 0.4) is 0 Å². The van der Waals surface area contributed by atoms with Gasteiger partial charge in [0, 0.05) is 29.4 Å². The molecule has 0 aliphatic carbocycles. The molecule has 0 radical (unpaired) electrons. The van der Waals surface area contributed by atoms with Crippen LogP contribution in [0, 0.1) is 0 Å². The van der Waals surface area contributed by atoms with Gasteiger partial charge in [-0.25, -0.2) is 0 Å². The number of hydrogen-bond acceptors (Lipinski definition) is 3. The van der Waals surface area contributed by atoms with Gasteiger partial charge in [0.1, 0.15) is 11.4 Å². The van der Waals surface area contributed by atoms with Crippen molar-refractivity contribution in [1.82, 2.24) is 10.3 Å². The van der Waals surface area contributed by atoms with Crippen LogP contribution in [0.1, 0.15) is 19.4 Å². The summed E-state index contributed by atoms with van der Waals surface area (Å²) in [4.78, 5) is 4.40. The normalized spacial score (nSPS) is 10.8. The summed E-state index contributed by atoms with van der Waals surface area (Å²) in [5, 5.41) is 4.13. The van der Waals surface area contributed by atoms with Crippen molar-refractivity contribution in [2.75, 3.05) is 7.11 Å². The first-order chi connectivity index (χ1) is 9.61. The van der Waals surface area contributed by atoms with E-state index in [1.54, 1.807) is 13.3 Å². The van der Waals surface area contributed by atoms with E-state index in [-0.39, 0.29) is 0 Å². The Balaban J connectivity index is 2.35. The third kappa shape index (κ3) is 3.50. The van der Waals surface area contributed by atoms with Gasteiger partial charge in [-0.1, -0.05) is 31.5 Å². The Morgan fingerprint density at radius 1 is 1.30 bits per heavy atom. The smallest absolute Gasteiger partial charge is 0.145 e. The number of benzene rings is 1. The molecule has 0 amide bonds. The molecule has 1 heterocycles. The summed E-state index contributed by atoms with van der Waals surface area (Å²) in [6.45, 7) is 4.96. The molecule has 0 spiro atoms. The predicted octanol–water partition coefficient (Wildman–Crippen LogP) is 3.91. The Labute approximate surface area is 124 Å². The summed E-state index contributed by atoms with van der Waals surface area (Å²) >= 11 is 6.25. The highest BCUT2D eigenvalue weighted by molar-refractivity contribution is 6.31. The van der Waals surface area contributed by atoms with E-state index in [0.717, 1.165) is 34.1 Å². The molecule has 1 N–H and O–H groups in total. The van der Waals surface area contributed by atoms with Gasteiger partial charge >= 0.3 is 0 Å². The first kappa shape index (κ1) is 14.8. The number of halogens is 1. The third-order valence-electron chi connectivity index (χ3n) is 3.01. The lowest BCUT2D eigenvalue weighted by atomic mass is 10.1. The fraction of sp³-hybridized carbons (Fsp3) is 0.312. The van der Waals surface area contributed by atoms with Crippen molar-refractivity contribution in [2.45, 2.75) is 26.4 Å². The molecule has 1 aromatic carbocycles. The molecule has 0 saturated heterocycles. The number of ether oxygens (including phenoxy) is 1. The van der Waals surface area contributed by atoms with Crippen molar-refractivity contribution in [2.24, 2.45) is 0 Å². The maximum atomic E-state index is 6.25. The van der Waals surface area contributed by atoms with E-state index in [2.05, 4.69) is 30.2 Å². The van der Waals surface area contributed by atoms with Gasteiger partial charge in [-0.3, -0.25) is 4.98 Å². The minimum absolute atomic E-state index is 0.416. The average molecular weight is 291 g/mol. The Bertz CT molecular complexity index is 584. The second-order valence-electron chi connectivity index (χ2n) is 4.90. The summed E-state index contributed by atoms with van der Waals surface area (Å²) in [7, 11) is 1.65. The maximum absolute atomic E-state index is 6.25. The van der Waals surface area contributed by atoms with Gasteiger partial charge in [-0.05, 0) is 29.8 Å². The standard InChI is InChI=1S/C16H19ClN2O/c1-11(2)19-10-13-9-12(6-7-14(13)17)16-15(20-3)5-4-8-18-16/h4-9,11,19H,10H2,1-3H3. The van der Waals surface area contributed by atoms with Gasteiger partial charge in [0.05, 0.1) is 7.11 Å². The topological polar surface area (TPSA) is 34.1 Å². The lowest BCUT2D eigenvalue weighted by molar-refractivity contribution is 0.415. The SMILES string of the molecule is COc1cccnc1-c1ccc(Cl)c(CNC(C)C)c1. The molecule has 2 rings (SSSR count). The van der Waals surface area contributed by atoms with E-state index >= 15 is 0 Å². The van der Waals surface area contributed by atoms with Crippen LogP contribution in [-0.4, -0.2) is 18.1 Å². The molecule has 106 valence electrons. The highest BCUT2D eigenvalue weighted by Crippen LogP contribution is 2.30. The second kappa shape index (κ2) is 6.73. The summed E-state index contributed by atoms with van der Waals surface area (Å²) in [6.07, 6.45) is 1.76. The van der Waals surface area contributed by atoms with Crippen LogP contribution < -0.4 is 10.1 Å². The van der Waals surface area contributed by atoms with Gasteiger partial charge in [0.2, 0.25) is 0 Å². The van der Waals surface area contributed by atoms with Crippen LogP contribution in [0.4, 0.5) is 0 Å². The molecular formula is C16H19ClN2O. The summed E-state index contributed by atoms with van der Waals surface area (Å²) in [6, 6.07) is 10.1. The van der Waals surface area contributed by atoms with E-state index in [9.17, 15) is 0 Å². The highest BCUT2D eigenvalue weighted by atomic mass is 35.5. The molecule has 0 aliphatic heterocycles. The van der Waals surface area contributed by atoms with Gasteiger partial charge in [-0.15, -0.1) is 0 Å². The molecule has 1 aromatic heterocycles. The van der Waals surface area contributed by atoms with Crippen molar-refractivity contribution in [3.05, 3.63) is 47.1 Å². The molecule has 0 fully saturated rings. The maximum Gasteiger partial charge on any atom is 0.145 e. The Morgan fingerprint density at radius 3 is 2.80 bits per heavy atom. The lowest BCUT2D eigenvalue weighted by Crippen LogP contribution is -2.22. The van der Waals surface area contributed by atoms with Crippen molar-refractivity contribution in [1.29, 1.82) is 0 Å². The zero-order valence-corrected chi connectivity index (χ0v) is 12.7. The van der Waals surface area contributed by atoms with E-state index in [1.807, 2.05) is 24.3 Å². The first-order valence-electron chi connectivity index (χ1n) is 6.63. The number of nitrogens with zero attached hydrogens (tertiary/aromatic N) is 1. The Hall–Kier alpha value is -1.58. The second-order valence-corrected chi connectivity index (χ2v) is 5.30. The lowest BCUT2D eigenvalue weighted by Gasteiger charge is -2.12. The molecule has 0 unspecified atom stereocenters. The van der Waals surface area contributed by atoms with Crippen molar-refractivity contribution in [3.63, 3.8) is 0 Å². The Kier molecular flexibility index (Phi) is 4.99. The van der Waals surface area contributed by atoms with Crippen LogP contribution in [0.5, 0.6) is 5.75 Å². The molecule has 3 nitrogen and oxygen atoms in total. The minimum Gasteiger partial charge on any atom is -0.494 e. The first-order valence-corrected chi connectivity index (χ1v) is 7.00. The number of methoxy groups -OCH3 is 1. The molecular weight excluding hydrogens is 272 g/mol. The quantitative estimate of drug-likeness (QED) is 0.906. The number of pyridine rings is 1.